The fourth-order valence-electron chi connectivity index (χ4n) is 1.88. The van der Waals surface area contributed by atoms with Gasteiger partial charge in [-0.3, -0.25) is 9.20 Å². The van der Waals surface area contributed by atoms with Crippen LogP contribution in [0, 0.1) is 0 Å². The van der Waals surface area contributed by atoms with Gasteiger partial charge in [-0.15, -0.1) is 0 Å². The van der Waals surface area contributed by atoms with Gasteiger partial charge in [0.1, 0.15) is 17.9 Å². The average molecular weight is 304 g/mol. The topological polar surface area (TPSA) is 76.5 Å². The van der Waals surface area contributed by atoms with Gasteiger partial charge in [0.25, 0.3) is 5.56 Å². The summed E-state index contributed by atoms with van der Waals surface area (Å²) in [5.74, 6) is -0.558. The standard InChI is InChI=1S/C14H10ClN3O3/c15-9-5-11(16-7-9)14(20)21-8-10-6-13(19)18-4-2-1-3-12(18)17-10/h1-7,16H,8H2. The molecule has 21 heavy (non-hydrogen) atoms. The molecule has 0 aromatic carbocycles. The highest BCUT2D eigenvalue weighted by Gasteiger charge is 2.11. The molecular formula is C14H10ClN3O3. The van der Waals surface area contributed by atoms with Crippen LogP contribution in [-0.2, 0) is 11.3 Å². The average Bonchev–Trinajstić information content (AvgIpc) is 2.91. The lowest BCUT2D eigenvalue weighted by atomic mass is 10.4. The number of pyridine rings is 1. The molecule has 3 rings (SSSR count). The third-order valence-electron chi connectivity index (χ3n) is 2.84. The molecular weight excluding hydrogens is 294 g/mol. The van der Waals surface area contributed by atoms with Crippen LogP contribution in [0.5, 0.6) is 0 Å². The Bertz CT molecular complexity index is 869. The molecule has 1 N–H and O–H groups in total. The molecule has 0 amide bonds. The summed E-state index contributed by atoms with van der Waals surface area (Å²) in [7, 11) is 0. The van der Waals surface area contributed by atoms with Crippen LogP contribution >= 0.6 is 11.6 Å². The number of hydrogen-bond acceptors (Lipinski definition) is 4. The maximum atomic E-state index is 11.9. The molecule has 3 aromatic heterocycles. The van der Waals surface area contributed by atoms with Crippen molar-refractivity contribution < 1.29 is 9.53 Å². The van der Waals surface area contributed by atoms with Crippen LogP contribution < -0.4 is 5.56 Å². The van der Waals surface area contributed by atoms with Gasteiger partial charge in [0, 0.05) is 18.5 Å². The van der Waals surface area contributed by atoms with E-state index in [0.29, 0.717) is 16.4 Å². The molecule has 3 aromatic rings. The first-order valence-corrected chi connectivity index (χ1v) is 6.49. The van der Waals surface area contributed by atoms with Crippen molar-refractivity contribution in [3.8, 4) is 0 Å². The van der Waals surface area contributed by atoms with Crippen molar-refractivity contribution in [1.82, 2.24) is 14.4 Å². The van der Waals surface area contributed by atoms with Gasteiger partial charge >= 0.3 is 5.97 Å². The number of nitrogens with one attached hydrogen (secondary N) is 1. The van der Waals surface area contributed by atoms with Crippen molar-refractivity contribution in [2.75, 3.05) is 0 Å². The highest BCUT2D eigenvalue weighted by molar-refractivity contribution is 6.30. The molecule has 0 unspecified atom stereocenters. The van der Waals surface area contributed by atoms with Gasteiger partial charge in [-0.1, -0.05) is 17.7 Å². The number of ether oxygens (including phenoxy) is 1. The van der Waals surface area contributed by atoms with E-state index in [2.05, 4.69) is 9.97 Å². The number of rotatable bonds is 3. The van der Waals surface area contributed by atoms with Crippen molar-refractivity contribution in [1.29, 1.82) is 0 Å². The second-order valence-electron chi connectivity index (χ2n) is 4.32. The molecule has 0 saturated heterocycles. The lowest BCUT2D eigenvalue weighted by molar-refractivity contribution is 0.0461. The number of hydrogen-bond donors (Lipinski definition) is 1. The van der Waals surface area contributed by atoms with Gasteiger partial charge in [-0.25, -0.2) is 9.78 Å². The summed E-state index contributed by atoms with van der Waals surface area (Å²) in [6, 6.07) is 8.02. The number of aromatic amines is 1. The normalized spacial score (nSPS) is 10.7. The number of halogens is 1. The molecule has 3 heterocycles. The molecule has 0 aliphatic rings. The maximum absolute atomic E-state index is 11.9. The molecule has 0 saturated carbocycles. The van der Waals surface area contributed by atoms with E-state index in [0.717, 1.165) is 0 Å². The van der Waals surface area contributed by atoms with Crippen molar-refractivity contribution >= 4 is 23.2 Å². The summed E-state index contributed by atoms with van der Waals surface area (Å²) in [4.78, 5) is 30.6. The van der Waals surface area contributed by atoms with Crippen LogP contribution in [0.25, 0.3) is 5.65 Å². The van der Waals surface area contributed by atoms with E-state index in [9.17, 15) is 9.59 Å². The second kappa shape index (κ2) is 5.41. The van der Waals surface area contributed by atoms with E-state index >= 15 is 0 Å². The predicted molar refractivity (Wildman–Crippen MR) is 76.4 cm³/mol. The van der Waals surface area contributed by atoms with Gasteiger partial charge in [-0.05, 0) is 18.2 Å². The molecule has 0 radical (unpaired) electrons. The van der Waals surface area contributed by atoms with E-state index < -0.39 is 5.97 Å². The van der Waals surface area contributed by atoms with Crippen LogP contribution in [-0.4, -0.2) is 20.3 Å². The Morgan fingerprint density at radius 3 is 3.00 bits per heavy atom. The molecule has 0 atom stereocenters. The Morgan fingerprint density at radius 1 is 1.38 bits per heavy atom. The fraction of sp³-hybridized carbons (Fsp3) is 0.0714. The maximum Gasteiger partial charge on any atom is 0.355 e. The summed E-state index contributed by atoms with van der Waals surface area (Å²) < 4.78 is 6.50. The largest absolute Gasteiger partial charge is 0.455 e. The summed E-state index contributed by atoms with van der Waals surface area (Å²) >= 11 is 5.71. The van der Waals surface area contributed by atoms with E-state index in [1.54, 1.807) is 24.4 Å². The quantitative estimate of drug-likeness (QED) is 0.751. The molecule has 0 fully saturated rings. The van der Waals surface area contributed by atoms with Gasteiger partial charge in [0.05, 0.1) is 10.7 Å². The van der Waals surface area contributed by atoms with E-state index in [1.807, 2.05) is 0 Å². The highest BCUT2D eigenvalue weighted by Crippen LogP contribution is 2.11. The molecule has 0 spiro atoms. The first kappa shape index (κ1) is 13.4. The lowest BCUT2D eigenvalue weighted by Crippen LogP contribution is -2.16. The van der Waals surface area contributed by atoms with Crippen molar-refractivity contribution in [3.05, 3.63) is 69.5 Å². The molecule has 0 aliphatic heterocycles. The van der Waals surface area contributed by atoms with Crippen LogP contribution in [0.1, 0.15) is 16.2 Å². The van der Waals surface area contributed by atoms with E-state index in [4.69, 9.17) is 16.3 Å². The Hall–Kier alpha value is -2.60. The molecule has 0 bridgehead atoms. The number of nitrogens with zero attached hydrogens (tertiary/aromatic N) is 2. The second-order valence-corrected chi connectivity index (χ2v) is 4.76. The molecule has 7 heteroatoms. The highest BCUT2D eigenvalue weighted by atomic mass is 35.5. The number of aromatic nitrogens is 3. The SMILES string of the molecule is O=C(OCc1cc(=O)n2ccccc2n1)c1cc(Cl)c[nH]1. The minimum absolute atomic E-state index is 0.0872. The Kier molecular flexibility index (Phi) is 3.45. The summed E-state index contributed by atoms with van der Waals surface area (Å²) in [5, 5.41) is 0.420. The minimum atomic E-state index is -0.558. The number of carbonyl (C=O) groups is 1. The van der Waals surface area contributed by atoms with Crippen LogP contribution in [0.15, 0.2) is 47.5 Å². The Morgan fingerprint density at radius 2 is 2.24 bits per heavy atom. The van der Waals surface area contributed by atoms with Gasteiger partial charge < -0.3 is 9.72 Å². The zero-order chi connectivity index (χ0) is 14.8. The Balaban J connectivity index is 1.79. The zero-order valence-corrected chi connectivity index (χ0v) is 11.5. The monoisotopic (exact) mass is 303 g/mol. The van der Waals surface area contributed by atoms with Gasteiger partial charge in [0.2, 0.25) is 0 Å². The first-order chi connectivity index (χ1) is 10.1. The number of H-pyrrole nitrogens is 1. The van der Waals surface area contributed by atoms with Gasteiger partial charge in [0.15, 0.2) is 0 Å². The number of esters is 1. The van der Waals surface area contributed by atoms with E-state index in [-0.39, 0.29) is 17.9 Å². The summed E-state index contributed by atoms with van der Waals surface area (Å²) in [6.07, 6.45) is 3.11. The minimum Gasteiger partial charge on any atom is -0.455 e. The number of fused-ring (bicyclic) bond motifs is 1. The Labute approximate surface area is 124 Å². The number of carbonyl (C=O) groups excluding carboxylic acids is 1. The summed E-state index contributed by atoms with van der Waals surface area (Å²) in [6.45, 7) is -0.0872. The molecule has 106 valence electrons. The van der Waals surface area contributed by atoms with E-state index in [1.165, 1.54) is 22.7 Å². The van der Waals surface area contributed by atoms with Crippen molar-refractivity contribution in [2.45, 2.75) is 6.61 Å². The van der Waals surface area contributed by atoms with Crippen molar-refractivity contribution in [3.63, 3.8) is 0 Å². The fourth-order valence-corrected chi connectivity index (χ4v) is 2.04. The first-order valence-electron chi connectivity index (χ1n) is 6.12. The molecule has 0 aliphatic carbocycles. The third kappa shape index (κ3) is 2.80. The van der Waals surface area contributed by atoms with Gasteiger partial charge in [-0.2, -0.15) is 0 Å². The van der Waals surface area contributed by atoms with Crippen molar-refractivity contribution in [2.24, 2.45) is 0 Å². The lowest BCUT2D eigenvalue weighted by Gasteiger charge is -2.05. The summed E-state index contributed by atoms with van der Waals surface area (Å²) in [5.41, 5.74) is 0.906. The van der Waals surface area contributed by atoms with Crippen LogP contribution in [0.3, 0.4) is 0 Å². The smallest absolute Gasteiger partial charge is 0.355 e. The van der Waals surface area contributed by atoms with Crippen LogP contribution in [0.2, 0.25) is 5.02 Å². The molecule has 6 nitrogen and oxygen atoms in total. The predicted octanol–water partition coefficient (Wildman–Crippen LogP) is 2.03. The van der Waals surface area contributed by atoms with Crippen LogP contribution in [0.4, 0.5) is 0 Å². The third-order valence-corrected chi connectivity index (χ3v) is 3.06. The zero-order valence-electron chi connectivity index (χ0n) is 10.7.